The highest BCUT2D eigenvalue weighted by atomic mass is 31.2. The molecule has 2 unspecified atom stereocenters. The molecule has 0 radical (unpaired) electrons. The minimum atomic E-state index is -4.42. The summed E-state index contributed by atoms with van der Waals surface area (Å²) in [7, 11) is -4.42. The number of phosphoric ester groups is 1. The first kappa shape index (κ1) is 52.5. The lowest BCUT2D eigenvalue weighted by atomic mass is 10.0. The second-order valence-electron chi connectivity index (χ2n) is 15.0. The number of hydrogen-bond acceptors (Lipinski definition) is 7. The summed E-state index contributed by atoms with van der Waals surface area (Å²) in [4.78, 5) is 33.9. The summed E-state index contributed by atoms with van der Waals surface area (Å²) in [6, 6.07) is 0. The van der Waals surface area contributed by atoms with Crippen molar-refractivity contribution in [2.75, 3.05) is 26.4 Å². The maximum Gasteiger partial charge on any atom is 0.472 e. The molecule has 3 N–H and O–H groups in total. The molecule has 54 heavy (non-hydrogen) atoms. The van der Waals surface area contributed by atoms with E-state index in [1.807, 2.05) is 0 Å². The van der Waals surface area contributed by atoms with E-state index in [2.05, 4.69) is 43.5 Å². The molecule has 0 aromatic carbocycles. The Bertz CT molecular complexity index is 944. The summed E-state index contributed by atoms with van der Waals surface area (Å²) in [5, 5.41) is 12.7. The van der Waals surface area contributed by atoms with Crippen LogP contribution in [0.1, 0.15) is 213 Å². The van der Waals surface area contributed by atoms with E-state index in [0.717, 1.165) is 64.2 Å². The standard InChI is InChI=1S/C44H84NO8P/c1-3-5-7-9-11-13-15-17-19-20-21-23-24-26-28-30-32-34-36-43(47)45-38-39-52-54(49,50)53-41-42(46)40-51-44(48)37-35-33-31-29-27-25-22-18-16-14-12-10-8-6-4-2/h12,14,18,22,42,46H,3-11,13,15-17,19-21,23-41H2,1-2H3,(H,45,47)(H,49,50)/b14-12-,22-18-. The fourth-order valence-electron chi connectivity index (χ4n) is 6.23. The number of hydrogen-bond donors (Lipinski definition) is 3. The van der Waals surface area contributed by atoms with E-state index in [0.29, 0.717) is 6.42 Å². The van der Waals surface area contributed by atoms with Crippen LogP contribution in [-0.2, 0) is 27.9 Å². The molecule has 318 valence electrons. The average Bonchev–Trinajstić information content (AvgIpc) is 3.16. The molecule has 0 bridgehead atoms. The van der Waals surface area contributed by atoms with Crippen molar-refractivity contribution in [3.63, 3.8) is 0 Å². The molecule has 0 saturated heterocycles. The van der Waals surface area contributed by atoms with Gasteiger partial charge in [-0.2, -0.15) is 0 Å². The molecule has 10 heteroatoms. The van der Waals surface area contributed by atoms with Gasteiger partial charge in [-0.25, -0.2) is 4.57 Å². The fourth-order valence-corrected chi connectivity index (χ4v) is 6.99. The zero-order chi connectivity index (χ0) is 39.6. The number of allylic oxidation sites excluding steroid dienone is 4. The highest BCUT2D eigenvalue weighted by Gasteiger charge is 2.23. The van der Waals surface area contributed by atoms with Gasteiger partial charge in [0.05, 0.1) is 13.2 Å². The van der Waals surface area contributed by atoms with E-state index in [-0.39, 0.29) is 32.1 Å². The number of amides is 1. The minimum absolute atomic E-state index is 0.0835. The lowest BCUT2D eigenvalue weighted by Crippen LogP contribution is -2.27. The van der Waals surface area contributed by atoms with Crippen LogP contribution in [0.3, 0.4) is 0 Å². The van der Waals surface area contributed by atoms with Crippen molar-refractivity contribution in [1.82, 2.24) is 5.32 Å². The summed E-state index contributed by atoms with van der Waals surface area (Å²) in [6.45, 7) is 3.54. The number of aliphatic hydroxyl groups is 1. The van der Waals surface area contributed by atoms with Crippen LogP contribution in [-0.4, -0.2) is 54.3 Å². The van der Waals surface area contributed by atoms with Gasteiger partial charge in [-0.1, -0.05) is 179 Å². The van der Waals surface area contributed by atoms with Crippen LogP contribution < -0.4 is 5.32 Å². The van der Waals surface area contributed by atoms with Gasteiger partial charge >= 0.3 is 13.8 Å². The molecule has 1 amide bonds. The van der Waals surface area contributed by atoms with Gasteiger partial charge in [0.2, 0.25) is 5.91 Å². The lowest BCUT2D eigenvalue weighted by molar-refractivity contribution is -0.147. The molecule has 2 atom stereocenters. The Morgan fingerprint density at radius 2 is 1.00 bits per heavy atom. The number of carbonyl (C=O) groups is 2. The number of rotatable bonds is 42. The highest BCUT2D eigenvalue weighted by molar-refractivity contribution is 7.47. The Kier molecular flexibility index (Phi) is 40.0. The number of nitrogens with one attached hydrogen (secondary N) is 1. The zero-order valence-corrected chi connectivity index (χ0v) is 35.8. The molecule has 0 aliphatic rings. The number of unbranched alkanes of at least 4 members (excludes halogenated alkanes) is 25. The van der Waals surface area contributed by atoms with Crippen LogP contribution in [0, 0.1) is 0 Å². The van der Waals surface area contributed by atoms with Gasteiger partial charge in [-0.15, -0.1) is 0 Å². The topological polar surface area (TPSA) is 131 Å². The summed E-state index contributed by atoms with van der Waals surface area (Å²) < 4.78 is 26.9. The number of phosphoric acid groups is 1. The first-order chi connectivity index (χ1) is 26.3. The molecule has 0 saturated carbocycles. The first-order valence-electron chi connectivity index (χ1n) is 22.3. The van der Waals surface area contributed by atoms with E-state index in [4.69, 9.17) is 13.8 Å². The molecule has 0 aliphatic carbocycles. The summed E-state index contributed by atoms with van der Waals surface area (Å²) in [5.41, 5.74) is 0. The Morgan fingerprint density at radius 3 is 1.52 bits per heavy atom. The number of ether oxygens (including phenoxy) is 1. The predicted octanol–water partition coefficient (Wildman–Crippen LogP) is 12.4. The number of aliphatic hydroxyl groups excluding tert-OH is 1. The molecule has 0 spiro atoms. The van der Waals surface area contributed by atoms with Crippen LogP contribution >= 0.6 is 7.82 Å². The Hall–Kier alpha value is -1.51. The normalized spacial score (nSPS) is 13.5. The maximum absolute atomic E-state index is 12.1. The SMILES string of the molecule is CCCCC/C=C\C/C=C\CCCCCCCC(=O)OCC(O)COP(=O)(O)OCCNC(=O)CCCCCCCCCCCCCCCCCCCC. The van der Waals surface area contributed by atoms with Crippen molar-refractivity contribution in [3.8, 4) is 0 Å². The fraction of sp³-hybridized carbons (Fsp3) is 0.864. The van der Waals surface area contributed by atoms with E-state index in [1.165, 1.54) is 122 Å². The van der Waals surface area contributed by atoms with Crippen LogP contribution in [0.5, 0.6) is 0 Å². The van der Waals surface area contributed by atoms with E-state index >= 15 is 0 Å². The van der Waals surface area contributed by atoms with Gasteiger partial charge in [0.1, 0.15) is 12.7 Å². The molecule has 0 aliphatic heterocycles. The second kappa shape index (κ2) is 41.1. The van der Waals surface area contributed by atoms with Gasteiger partial charge in [-0.05, 0) is 44.9 Å². The third-order valence-electron chi connectivity index (χ3n) is 9.63. The maximum atomic E-state index is 12.1. The lowest BCUT2D eigenvalue weighted by Gasteiger charge is -2.15. The van der Waals surface area contributed by atoms with Crippen molar-refractivity contribution < 1.29 is 37.9 Å². The van der Waals surface area contributed by atoms with Gasteiger partial charge in [-0.3, -0.25) is 18.6 Å². The molecule has 0 rings (SSSR count). The smallest absolute Gasteiger partial charge is 0.463 e. The Morgan fingerprint density at radius 1 is 0.574 bits per heavy atom. The largest absolute Gasteiger partial charge is 0.472 e. The molecule has 9 nitrogen and oxygen atoms in total. The number of carbonyl (C=O) groups excluding carboxylic acids is 2. The van der Waals surface area contributed by atoms with Crippen molar-refractivity contribution >= 4 is 19.7 Å². The van der Waals surface area contributed by atoms with Crippen LogP contribution in [0.15, 0.2) is 24.3 Å². The predicted molar refractivity (Wildman–Crippen MR) is 224 cm³/mol. The summed E-state index contributed by atoms with van der Waals surface area (Å²) in [5.74, 6) is -0.523. The van der Waals surface area contributed by atoms with Crippen LogP contribution in [0.25, 0.3) is 0 Å². The van der Waals surface area contributed by atoms with Gasteiger partial charge < -0.3 is 20.1 Å². The third kappa shape index (κ3) is 41.6. The van der Waals surface area contributed by atoms with Crippen LogP contribution in [0.2, 0.25) is 0 Å². The number of esters is 1. The molecular formula is C44H84NO8P. The molecule has 0 fully saturated rings. The van der Waals surface area contributed by atoms with Gasteiger partial charge in [0, 0.05) is 19.4 Å². The third-order valence-corrected chi connectivity index (χ3v) is 10.6. The van der Waals surface area contributed by atoms with Crippen molar-refractivity contribution in [3.05, 3.63) is 24.3 Å². The van der Waals surface area contributed by atoms with Gasteiger partial charge in [0.25, 0.3) is 0 Å². The van der Waals surface area contributed by atoms with Crippen molar-refractivity contribution in [2.24, 2.45) is 0 Å². The summed E-state index contributed by atoms with van der Waals surface area (Å²) in [6.07, 6.45) is 43.9. The average molecular weight is 786 g/mol. The molecule has 0 heterocycles. The Balaban J connectivity index is 3.58. The second-order valence-corrected chi connectivity index (χ2v) is 16.5. The Labute approximate surface area is 331 Å². The first-order valence-corrected chi connectivity index (χ1v) is 23.8. The minimum Gasteiger partial charge on any atom is -0.463 e. The molecule has 0 aromatic heterocycles. The van der Waals surface area contributed by atoms with E-state index in [1.54, 1.807) is 0 Å². The van der Waals surface area contributed by atoms with Crippen molar-refractivity contribution in [1.29, 1.82) is 0 Å². The van der Waals surface area contributed by atoms with Gasteiger partial charge in [0.15, 0.2) is 0 Å². The molecule has 0 aromatic rings. The quantitative estimate of drug-likeness (QED) is 0.0241. The van der Waals surface area contributed by atoms with E-state index < -0.39 is 26.5 Å². The highest BCUT2D eigenvalue weighted by Crippen LogP contribution is 2.42. The van der Waals surface area contributed by atoms with Crippen molar-refractivity contribution in [2.45, 2.75) is 219 Å². The molecular weight excluding hydrogens is 701 g/mol. The zero-order valence-electron chi connectivity index (χ0n) is 34.9. The van der Waals surface area contributed by atoms with Crippen LogP contribution in [0.4, 0.5) is 0 Å². The van der Waals surface area contributed by atoms with E-state index in [9.17, 15) is 24.2 Å². The monoisotopic (exact) mass is 786 g/mol. The summed E-state index contributed by atoms with van der Waals surface area (Å²) >= 11 is 0.